The summed E-state index contributed by atoms with van der Waals surface area (Å²) in [6, 6.07) is 26.5. The second-order valence-electron chi connectivity index (χ2n) is 6.57. The lowest BCUT2D eigenvalue weighted by atomic mass is 10.00. The zero-order valence-electron chi connectivity index (χ0n) is 16.2. The maximum absolute atomic E-state index is 13.0. The van der Waals surface area contributed by atoms with Gasteiger partial charge in [0.15, 0.2) is 0 Å². The maximum Gasteiger partial charge on any atom is 0.270 e. The van der Waals surface area contributed by atoms with Crippen molar-refractivity contribution in [2.75, 3.05) is 5.32 Å². The Bertz CT molecular complexity index is 1220. The van der Waals surface area contributed by atoms with E-state index in [-0.39, 0.29) is 15.4 Å². The Kier molecular flexibility index (Phi) is 6.17. The standard InChI is InChI=1S/C22H18N4O3S2/c27-20(18-14-8-3-9-15-18)23-21-24-25-22(30-21)31(28,29)26-19(16-10-4-1-5-11-16)17-12-6-2-7-13-17/h1-15,19,26H,(H,23,24,27). The largest absolute Gasteiger partial charge is 0.296 e. The van der Waals surface area contributed by atoms with Crippen LogP contribution in [0.15, 0.2) is 95.3 Å². The van der Waals surface area contributed by atoms with Gasteiger partial charge in [-0.25, -0.2) is 8.42 Å². The summed E-state index contributed by atoms with van der Waals surface area (Å²) in [6.07, 6.45) is 0. The van der Waals surface area contributed by atoms with Crippen molar-refractivity contribution in [2.45, 2.75) is 10.4 Å². The lowest BCUT2D eigenvalue weighted by molar-refractivity contribution is 0.102. The van der Waals surface area contributed by atoms with Crippen LogP contribution in [0.3, 0.4) is 0 Å². The summed E-state index contributed by atoms with van der Waals surface area (Å²) in [5, 5.41) is 10.3. The van der Waals surface area contributed by atoms with E-state index in [4.69, 9.17) is 0 Å². The minimum absolute atomic E-state index is 0.102. The van der Waals surface area contributed by atoms with Crippen molar-refractivity contribution in [3.8, 4) is 0 Å². The van der Waals surface area contributed by atoms with E-state index in [1.54, 1.807) is 30.3 Å². The van der Waals surface area contributed by atoms with Crippen LogP contribution in [0.1, 0.15) is 27.5 Å². The summed E-state index contributed by atoms with van der Waals surface area (Å²) in [5.41, 5.74) is 2.02. The zero-order chi connectivity index (χ0) is 21.7. The molecule has 1 heterocycles. The molecule has 1 aromatic heterocycles. The van der Waals surface area contributed by atoms with Gasteiger partial charge in [0.05, 0.1) is 6.04 Å². The highest BCUT2D eigenvalue weighted by molar-refractivity contribution is 7.91. The molecule has 3 aromatic carbocycles. The van der Waals surface area contributed by atoms with Gasteiger partial charge >= 0.3 is 0 Å². The molecular formula is C22H18N4O3S2. The van der Waals surface area contributed by atoms with Crippen LogP contribution in [-0.4, -0.2) is 24.5 Å². The Labute approximate surface area is 183 Å². The number of hydrogen-bond donors (Lipinski definition) is 2. The highest BCUT2D eigenvalue weighted by Gasteiger charge is 2.26. The highest BCUT2D eigenvalue weighted by atomic mass is 32.2. The van der Waals surface area contributed by atoms with Crippen molar-refractivity contribution in [1.29, 1.82) is 0 Å². The van der Waals surface area contributed by atoms with Gasteiger partial charge in [-0.05, 0) is 23.3 Å². The van der Waals surface area contributed by atoms with Crippen molar-refractivity contribution in [1.82, 2.24) is 14.9 Å². The van der Waals surface area contributed by atoms with Crippen molar-refractivity contribution in [3.63, 3.8) is 0 Å². The summed E-state index contributed by atoms with van der Waals surface area (Å²) < 4.78 is 28.6. The van der Waals surface area contributed by atoms with E-state index in [9.17, 15) is 13.2 Å². The molecule has 2 N–H and O–H groups in total. The van der Waals surface area contributed by atoms with Crippen LogP contribution in [0.25, 0.3) is 0 Å². The predicted octanol–water partition coefficient (Wildman–Crippen LogP) is 3.86. The first-order chi connectivity index (χ1) is 15.0. The Balaban J connectivity index is 1.57. The SMILES string of the molecule is O=C(Nc1nnc(S(=O)(=O)NC(c2ccccc2)c2ccccc2)s1)c1ccccc1. The summed E-state index contributed by atoms with van der Waals surface area (Å²) in [6.45, 7) is 0. The molecule has 4 aromatic rings. The molecule has 0 saturated heterocycles. The molecule has 4 rings (SSSR count). The third-order valence-electron chi connectivity index (χ3n) is 4.43. The number of sulfonamides is 1. The number of nitrogens with zero attached hydrogens (tertiary/aromatic N) is 2. The van der Waals surface area contributed by atoms with E-state index in [0.29, 0.717) is 5.56 Å². The average Bonchev–Trinajstić information content (AvgIpc) is 3.29. The van der Waals surface area contributed by atoms with Crippen molar-refractivity contribution in [3.05, 3.63) is 108 Å². The van der Waals surface area contributed by atoms with Gasteiger partial charge in [-0.15, -0.1) is 10.2 Å². The molecule has 1 amide bonds. The first-order valence-corrected chi connectivity index (χ1v) is 11.6. The van der Waals surface area contributed by atoms with Gasteiger partial charge < -0.3 is 0 Å². The van der Waals surface area contributed by atoms with Crippen LogP contribution in [0, 0.1) is 0 Å². The second-order valence-corrected chi connectivity index (χ2v) is 9.43. The number of hydrogen-bond acceptors (Lipinski definition) is 6. The number of anilines is 1. The maximum atomic E-state index is 13.0. The van der Waals surface area contributed by atoms with E-state index in [0.717, 1.165) is 22.5 Å². The summed E-state index contributed by atoms with van der Waals surface area (Å²) in [7, 11) is -3.99. The molecule has 0 radical (unpaired) electrons. The van der Waals surface area contributed by atoms with Gasteiger partial charge in [-0.3, -0.25) is 10.1 Å². The predicted molar refractivity (Wildman–Crippen MR) is 119 cm³/mol. The Hall–Kier alpha value is -3.40. The minimum atomic E-state index is -3.99. The molecule has 0 aliphatic carbocycles. The van der Waals surface area contributed by atoms with Crippen LogP contribution >= 0.6 is 11.3 Å². The fourth-order valence-electron chi connectivity index (χ4n) is 2.95. The van der Waals surface area contributed by atoms with Crippen molar-refractivity contribution < 1.29 is 13.2 Å². The molecule has 31 heavy (non-hydrogen) atoms. The fraction of sp³-hybridized carbons (Fsp3) is 0.0455. The summed E-state index contributed by atoms with van der Waals surface area (Å²) in [4.78, 5) is 12.3. The summed E-state index contributed by atoms with van der Waals surface area (Å²) >= 11 is 0.791. The number of amides is 1. The van der Waals surface area contributed by atoms with Crippen LogP contribution in [0.5, 0.6) is 0 Å². The number of nitrogens with one attached hydrogen (secondary N) is 2. The molecule has 0 fully saturated rings. The molecule has 0 saturated carbocycles. The monoisotopic (exact) mass is 450 g/mol. The second kappa shape index (κ2) is 9.17. The number of carbonyl (C=O) groups excluding carboxylic acids is 1. The smallest absolute Gasteiger partial charge is 0.270 e. The normalized spacial score (nSPS) is 11.4. The molecule has 0 aliphatic rings. The molecule has 7 nitrogen and oxygen atoms in total. The third kappa shape index (κ3) is 5.02. The van der Waals surface area contributed by atoms with Gasteiger partial charge in [0.25, 0.3) is 15.9 Å². The van der Waals surface area contributed by atoms with Crippen LogP contribution in [-0.2, 0) is 10.0 Å². The lowest BCUT2D eigenvalue weighted by Gasteiger charge is -2.18. The highest BCUT2D eigenvalue weighted by Crippen LogP contribution is 2.26. The van der Waals surface area contributed by atoms with E-state index >= 15 is 0 Å². The van der Waals surface area contributed by atoms with Crippen LogP contribution < -0.4 is 10.0 Å². The Morgan fingerprint density at radius 2 is 1.29 bits per heavy atom. The average molecular weight is 451 g/mol. The van der Waals surface area contributed by atoms with Crippen molar-refractivity contribution >= 4 is 32.4 Å². The van der Waals surface area contributed by atoms with E-state index in [1.165, 1.54) is 0 Å². The first-order valence-electron chi connectivity index (χ1n) is 9.35. The van der Waals surface area contributed by atoms with E-state index in [2.05, 4.69) is 20.2 Å². The van der Waals surface area contributed by atoms with Crippen LogP contribution in [0.2, 0.25) is 0 Å². The summed E-state index contributed by atoms with van der Waals surface area (Å²) in [5.74, 6) is -0.389. The van der Waals surface area contributed by atoms with Gasteiger partial charge in [-0.1, -0.05) is 90.2 Å². The molecular weight excluding hydrogens is 432 g/mol. The topological polar surface area (TPSA) is 101 Å². The first kappa shape index (κ1) is 20.9. The zero-order valence-corrected chi connectivity index (χ0v) is 17.8. The molecule has 0 unspecified atom stereocenters. The molecule has 0 bridgehead atoms. The number of benzene rings is 3. The minimum Gasteiger partial charge on any atom is -0.296 e. The third-order valence-corrected chi connectivity index (χ3v) is 7.06. The number of carbonyl (C=O) groups is 1. The molecule has 0 aliphatic heterocycles. The molecule has 156 valence electrons. The van der Waals surface area contributed by atoms with Gasteiger partial charge in [0.1, 0.15) is 0 Å². The fourth-order valence-corrected chi connectivity index (χ4v) is 5.08. The Morgan fingerprint density at radius 1 is 0.774 bits per heavy atom. The molecule has 0 spiro atoms. The van der Waals surface area contributed by atoms with Crippen LogP contribution in [0.4, 0.5) is 5.13 Å². The van der Waals surface area contributed by atoms with Crippen molar-refractivity contribution in [2.24, 2.45) is 0 Å². The number of aromatic nitrogens is 2. The van der Waals surface area contributed by atoms with E-state index < -0.39 is 16.1 Å². The van der Waals surface area contributed by atoms with E-state index in [1.807, 2.05) is 60.7 Å². The lowest BCUT2D eigenvalue weighted by Crippen LogP contribution is -2.29. The quantitative estimate of drug-likeness (QED) is 0.417. The van der Waals surface area contributed by atoms with Gasteiger partial charge in [0.2, 0.25) is 9.47 Å². The van der Waals surface area contributed by atoms with Gasteiger partial charge in [-0.2, -0.15) is 4.72 Å². The molecule has 9 heteroatoms. The molecule has 0 atom stereocenters. The van der Waals surface area contributed by atoms with Gasteiger partial charge in [0, 0.05) is 5.56 Å². The Morgan fingerprint density at radius 3 is 1.84 bits per heavy atom. The number of rotatable bonds is 7.